The number of hydrogen-bond donors (Lipinski definition) is 2. The fraction of sp³-hybridized carbons (Fsp3) is 0.368. The maximum atomic E-state index is 14.1. The lowest BCUT2D eigenvalue weighted by atomic mass is 10.2. The van der Waals surface area contributed by atoms with Crippen LogP contribution in [0.15, 0.2) is 41.5 Å². The Kier molecular flexibility index (Phi) is 10.4. The van der Waals surface area contributed by atoms with Crippen molar-refractivity contribution >= 4 is 47.2 Å². The summed E-state index contributed by atoms with van der Waals surface area (Å²) in [5, 5.41) is 6.96. The van der Waals surface area contributed by atoms with Crippen LogP contribution in [0.25, 0.3) is 0 Å². The van der Waals surface area contributed by atoms with Gasteiger partial charge in [0.05, 0.1) is 12.2 Å². The summed E-state index contributed by atoms with van der Waals surface area (Å²) in [6.45, 7) is 3.87. The molecule has 0 aliphatic heterocycles. The van der Waals surface area contributed by atoms with Gasteiger partial charge in [0.15, 0.2) is 5.96 Å². The van der Waals surface area contributed by atoms with E-state index in [1.807, 2.05) is 33.2 Å². The molecular formula is C19H26ClFIN5. The summed E-state index contributed by atoms with van der Waals surface area (Å²) in [5.41, 5.74) is 2.49. The highest BCUT2D eigenvalue weighted by atomic mass is 127. The number of anilines is 1. The first-order valence-corrected chi connectivity index (χ1v) is 8.95. The van der Waals surface area contributed by atoms with E-state index in [0.29, 0.717) is 29.9 Å². The third kappa shape index (κ3) is 7.88. The molecule has 0 radical (unpaired) electrons. The number of halogens is 3. The van der Waals surface area contributed by atoms with Crippen molar-refractivity contribution in [2.75, 3.05) is 32.1 Å². The van der Waals surface area contributed by atoms with Crippen LogP contribution in [-0.2, 0) is 13.0 Å². The monoisotopic (exact) mass is 505 g/mol. The Morgan fingerprint density at radius 2 is 1.93 bits per heavy atom. The molecule has 2 N–H and O–H groups in total. The van der Waals surface area contributed by atoms with E-state index in [0.717, 1.165) is 24.1 Å². The van der Waals surface area contributed by atoms with E-state index in [1.165, 1.54) is 6.07 Å². The molecule has 2 aromatic rings. The van der Waals surface area contributed by atoms with Gasteiger partial charge in [0.2, 0.25) is 0 Å². The standard InChI is InChI=1S/C19H25ClFN5.HI/c1-4-22-19(23-10-9-14-6-8-18(20)24-12-14)25-13-15-5-7-17(26(2)3)16(21)11-15;/h5-8,11-12H,4,9-10,13H2,1-3H3,(H2,22,23,25);1H. The molecule has 148 valence electrons. The van der Waals surface area contributed by atoms with E-state index in [1.54, 1.807) is 23.2 Å². The number of rotatable bonds is 7. The zero-order valence-electron chi connectivity index (χ0n) is 15.8. The zero-order chi connectivity index (χ0) is 18.9. The van der Waals surface area contributed by atoms with E-state index < -0.39 is 0 Å². The molecule has 1 aromatic carbocycles. The summed E-state index contributed by atoms with van der Waals surface area (Å²) < 4.78 is 14.1. The summed E-state index contributed by atoms with van der Waals surface area (Å²) in [5.74, 6) is 0.461. The predicted molar refractivity (Wildman–Crippen MR) is 122 cm³/mol. The van der Waals surface area contributed by atoms with Gasteiger partial charge in [-0.25, -0.2) is 14.4 Å². The van der Waals surface area contributed by atoms with Crippen LogP contribution in [0, 0.1) is 5.82 Å². The molecule has 8 heteroatoms. The molecule has 2 rings (SSSR count). The van der Waals surface area contributed by atoms with Gasteiger partial charge in [0.25, 0.3) is 0 Å². The van der Waals surface area contributed by atoms with E-state index in [2.05, 4.69) is 20.6 Å². The maximum Gasteiger partial charge on any atom is 0.191 e. The quantitative estimate of drug-likeness (QED) is 0.260. The van der Waals surface area contributed by atoms with Gasteiger partial charge < -0.3 is 15.5 Å². The summed E-state index contributed by atoms with van der Waals surface area (Å²) in [7, 11) is 3.64. The number of aromatic nitrogens is 1. The van der Waals surface area contributed by atoms with Crippen LogP contribution in [-0.4, -0.2) is 38.1 Å². The Bertz CT molecular complexity index is 737. The second-order valence-electron chi connectivity index (χ2n) is 6.04. The van der Waals surface area contributed by atoms with Crippen LogP contribution in [0.5, 0.6) is 0 Å². The number of pyridine rings is 1. The van der Waals surface area contributed by atoms with Crippen molar-refractivity contribution in [2.24, 2.45) is 4.99 Å². The fourth-order valence-corrected chi connectivity index (χ4v) is 2.51. The highest BCUT2D eigenvalue weighted by Crippen LogP contribution is 2.18. The largest absolute Gasteiger partial charge is 0.375 e. The van der Waals surface area contributed by atoms with Crippen molar-refractivity contribution in [2.45, 2.75) is 19.9 Å². The van der Waals surface area contributed by atoms with Gasteiger partial charge in [0.1, 0.15) is 11.0 Å². The molecule has 5 nitrogen and oxygen atoms in total. The number of benzene rings is 1. The molecule has 0 saturated heterocycles. The first-order chi connectivity index (χ1) is 12.5. The minimum atomic E-state index is -0.240. The Morgan fingerprint density at radius 3 is 2.52 bits per heavy atom. The first kappa shape index (κ1) is 23.4. The van der Waals surface area contributed by atoms with Crippen LogP contribution in [0.4, 0.5) is 10.1 Å². The van der Waals surface area contributed by atoms with E-state index in [-0.39, 0.29) is 29.8 Å². The third-order valence-electron chi connectivity index (χ3n) is 3.75. The number of guanidine groups is 1. The van der Waals surface area contributed by atoms with Gasteiger partial charge in [-0.3, -0.25) is 0 Å². The van der Waals surface area contributed by atoms with Crippen molar-refractivity contribution in [3.05, 3.63) is 58.6 Å². The molecule has 0 amide bonds. The van der Waals surface area contributed by atoms with Crippen LogP contribution in [0.1, 0.15) is 18.1 Å². The van der Waals surface area contributed by atoms with E-state index in [4.69, 9.17) is 11.6 Å². The smallest absolute Gasteiger partial charge is 0.191 e. The minimum Gasteiger partial charge on any atom is -0.375 e. The molecule has 0 fully saturated rings. The predicted octanol–water partition coefficient (Wildman–Crippen LogP) is 3.86. The van der Waals surface area contributed by atoms with Gasteiger partial charge in [-0.05, 0) is 42.7 Å². The second-order valence-corrected chi connectivity index (χ2v) is 6.43. The highest BCUT2D eigenvalue weighted by molar-refractivity contribution is 14.0. The molecule has 27 heavy (non-hydrogen) atoms. The third-order valence-corrected chi connectivity index (χ3v) is 3.98. The van der Waals surface area contributed by atoms with Crippen LogP contribution in [0.2, 0.25) is 5.15 Å². The van der Waals surface area contributed by atoms with Crippen molar-refractivity contribution in [3.63, 3.8) is 0 Å². The minimum absolute atomic E-state index is 0. The normalized spacial score (nSPS) is 10.9. The summed E-state index contributed by atoms with van der Waals surface area (Å²) in [4.78, 5) is 10.3. The van der Waals surface area contributed by atoms with Crippen molar-refractivity contribution < 1.29 is 4.39 Å². The van der Waals surface area contributed by atoms with Gasteiger partial charge in [-0.2, -0.15) is 0 Å². The lowest BCUT2D eigenvalue weighted by Gasteiger charge is -2.14. The summed E-state index contributed by atoms with van der Waals surface area (Å²) >= 11 is 5.79. The Morgan fingerprint density at radius 1 is 1.19 bits per heavy atom. The van der Waals surface area contributed by atoms with Crippen molar-refractivity contribution in [3.8, 4) is 0 Å². The molecule has 0 spiro atoms. The van der Waals surface area contributed by atoms with E-state index >= 15 is 0 Å². The Balaban J connectivity index is 0.00000364. The molecule has 0 atom stereocenters. The molecule has 0 aliphatic carbocycles. The Labute approximate surface area is 182 Å². The fourth-order valence-electron chi connectivity index (χ4n) is 2.40. The maximum absolute atomic E-state index is 14.1. The molecule has 1 aromatic heterocycles. The second kappa shape index (κ2) is 12.0. The zero-order valence-corrected chi connectivity index (χ0v) is 18.9. The lowest BCUT2D eigenvalue weighted by Crippen LogP contribution is -2.38. The van der Waals surface area contributed by atoms with Crippen LogP contribution >= 0.6 is 35.6 Å². The molecular weight excluding hydrogens is 480 g/mol. The average molecular weight is 506 g/mol. The Hall–Kier alpha value is -1.61. The van der Waals surface area contributed by atoms with Crippen molar-refractivity contribution in [1.82, 2.24) is 15.6 Å². The average Bonchev–Trinajstić information content (AvgIpc) is 2.61. The van der Waals surface area contributed by atoms with Crippen LogP contribution in [0.3, 0.4) is 0 Å². The highest BCUT2D eigenvalue weighted by Gasteiger charge is 2.05. The molecule has 0 saturated carbocycles. The van der Waals surface area contributed by atoms with Gasteiger partial charge in [-0.15, -0.1) is 24.0 Å². The van der Waals surface area contributed by atoms with Gasteiger partial charge in [-0.1, -0.05) is 23.7 Å². The molecule has 0 aliphatic rings. The lowest BCUT2D eigenvalue weighted by molar-refractivity contribution is 0.624. The van der Waals surface area contributed by atoms with E-state index in [9.17, 15) is 4.39 Å². The van der Waals surface area contributed by atoms with Gasteiger partial charge in [0, 0.05) is 33.4 Å². The first-order valence-electron chi connectivity index (χ1n) is 8.58. The van der Waals surface area contributed by atoms with Crippen molar-refractivity contribution in [1.29, 1.82) is 0 Å². The van der Waals surface area contributed by atoms with Gasteiger partial charge >= 0.3 is 0 Å². The molecule has 0 bridgehead atoms. The topological polar surface area (TPSA) is 52.6 Å². The summed E-state index contributed by atoms with van der Waals surface area (Å²) in [6.07, 6.45) is 2.57. The number of aliphatic imine (C=N–C) groups is 1. The molecule has 0 unspecified atom stereocenters. The number of nitrogens with one attached hydrogen (secondary N) is 2. The summed E-state index contributed by atoms with van der Waals surface area (Å²) in [6, 6.07) is 8.93. The van der Waals surface area contributed by atoms with Crippen LogP contribution < -0.4 is 15.5 Å². The molecule has 1 heterocycles. The SMILES string of the molecule is CCNC(=NCc1ccc(N(C)C)c(F)c1)NCCc1ccc(Cl)nc1.I. The number of hydrogen-bond acceptors (Lipinski definition) is 3. The number of nitrogens with zero attached hydrogens (tertiary/aromatic N) is 3.